The molecule has 2 aromatic heterocycles. The van der Waals surface area contributed by atoms with E-state index >= 15 is 0 Å². The molecule has 0 unspecified atom stereocenters. The fourth-order valence-electron chi connectivity index (χ4n) is 3.16. The van der Waals surface area contributed by atoms with Gasteiger partial charge in [0.25, 0.3) is 5.91 Å². The number of carbonyl (C=O) groups is 2. The maximum Gasteiger partial charge on any atom is 0.268 e. The van der Waals surface area contributed by atoms with Crippen LogP contribution in [0.25, 0.3) is 0 Å². The van der Waals surface area contributed by atoms with Crippen molar-refractivity contribution < 1.29 is 9.59 Å². The van der Waals surface area contributed by atoms with Crippen molar-refractivity contribution in [2.75, 3.05) is 23.9 Å². The third-order valence-corrected chi connectivity index (χ3v) is 6.14. The zero-order valence-corrected chi connectivity index (χ0v) is 16.8. The van der Waals surface area contributed by atoms with Gasteiger partial charge in [0.05, 0.1) is 16.7 Å². The predicted molar refractivity (Wildman–Crippen MR) is 105 cm³/mol. The summed E-state index contributed by atoms with van der Waals surface area (Å²) in [6.45, 7) is 2.79. The van der Waals surface area contributed by atoms with E-state index in [2.05, 4.69) is 15.4 Å². The van der Waals surface area contributed by atoms with Crippen molar-refractivity contribution >= 4 is 40.9 Å². The molecule has 140 valence electrons. The molecule has 9 heteroatoms. The maximum absolute atomic E-state index is 12.5. The van der Waals surface area contributed by atoms with Crippen molar-refractivity contribution in [2.45, 2.75) is 32.2 Å². The maximum atomic E-state index is 12.5. The molecule has 0 spiro atoms. The third kappa shape index (κ3) is 3.93. The highest BCUT2D eigenvalue weighted by Gasteiger charge is 2.31. The number of hydrogen-bond acceptors (Lipinski definition) is 6. The lowest BCUT2D eigenvalue weighted by Gasteiger charge is -2.23. The zero-order valence-electron chi connectivity index (χ0n) is 15.2. The molecule has 2 aromatic rings. The Bertz CT molecular complexity index is 801. The number of amides is 2. The first-order valence-electron chi connectivity index (χ1n) is 8.62. The number of thiophene rings is 1. The van der Waals surface area contributed by atoms with Crippen molar-refractivity contribution in [3.8, 4) is 0 Å². The Morgan fingerprint density at radius 3 is 2.92 bits per heavy atom. The molecule has 1 fully saturated rings. The Kier molecular flexibility index (Phi) is 5.98. The Labute approximate surface area is 161 Å². The number of aryl methyl sites for hydroxylation is 2. The van der Waals surface area contributed by atoms with Gasteiger partial charge in [-0.1, -0.05) is 6.92 Å². The van der Waals surface area contributed by atoms with Crippen LogP contribution in [0.2, 0.25) is 0 Å². The van der Waals surface area contributed by atoms with Crippen molar-refractivity contribution in [3.05, 3.63) is 27.7 Å². The standard InChI is InChI=1S/C17H23N5O2S2/c1-4-14-18-17(20-21(14)2)19-16(24)13-8-7-12(26-13)11-6-5-9-22(11)15(23)10-25-3/h7-8,11H,4-6,9-10H2,1-3H3,(H,19,20,24)/t11-/m1/s1. The highest BCUT2D eigenvalue weighted by Crippen LogP contribution is 2.36. The first kappa shape index (κ1) is 18.9. The van der Waals surface area contributed by atoms with Crippen LogP contribution >= 0.6 is 23.1 Å². The summed E-state index contributed by atoms with van der Waals surface area (Å²) >= 11 is 2.98. The van der Waals surface area contributed by atoms with E-state index in [0.717, 1.165) is 36.5 Å². The molecular weight excluding hydrogens is 370 g/mol. The number of nitrogens with one attached hydrogen (secondary N) is 1. The van der Waals surface area contributed by atoms with Crippen LogP contribution in [0.5, 0.6) is 0 Å². The number of anilines is 1. The van der Waals surface area contributed by atoms with E-state index < -0.39 is 0 Å². The number of hydrogen-bond donors (Lipinski definition) is 1. The number of carbonyl (C=O) groups excluding carboxylic acids is 2. The second-order valence-corrected chi connectivity index (χ2v) is 8.14. The second kappa shape index (κ2) is 8.22. The number of thioether (sulfide) groups is 1. The van der Waals surface area contributed by atoms with Crippen LogP contribution in [0.1, 0.15) is 46.2 Å². The molecule has 0 radical (unpaired) electrons. The molecule has 26 heavy (non-hydrogen) atoms. The van der Waals surface area contributed by atoms with Gasteiger partial charge in [-0.2, -0.15) is 16.7 Å². The second-order valence-electron chi connectivity index (χ2n) is 6.16. The van der Waals surface area contributed by atoms with Gasteiger partial charge in [0.2, 0.25) is 11.9 Å². The number of rotatable bonds is 6. The van der Waals surface area contributed by atoms with Crippen LogP contribution in [0.15, 0.2) is 12.1 Å². The van der Waals surface area contributed by atoms with Crippen LogP contribution in [0, 0.1) is 0 Å². The van der Waals surface area contributed by atoms with Gasteiger partial charge >= 0.3 is 0 Å². The summed E-state index contributed by atoms with van der Waals surface area (Å²) in [5.74, 6) is 1.60. The van der Waals surface area contributed by atoms with Gasteiger partial charge in [-0.15, -0.1) is 16.4 Å². The molecule has 1 N–H and O–H groups in total. The quantitative estimate of drug-likeness (QED) is 0.816. The molecule has 0 bridgehead atoms. The molecule has 1 saturated heterocycles. The lowest BCUT2D eigenvalue weighted by atomic mass is 10.2. The van der Waals surface area contributed by atoms with Gasteiger partial charge in [0.15, 0.2) is 0 Å². The van der Waals surface area contributed by atoms with E-state index in [1.54, 1.807) is 16.4 Å². The van der Waals surface area contributed by atoms with Gasteiger partial charge < -0.3 is 4.90 Å². The molecule has 0 aliphatic carbocycles. The number of likely N-dealkylation sites (tertiary alicyclic amines) is 1. The molecule has 3 rings (SSSR count). The van der Waals surface area contributed by atoms with Gasteiger partial charge in [-0.25, -0.2) is 0 Å². The summed E-state index contributed by atoms with van der Waals surface area (Å²) in [5.41, 5.74) is 0. The van der Waals surface area contributed by atoms with E-state index in [9.17, 15) is 9.59 Å². The molecular formula is C17H23N5O2S2. The molecule has 1 aliphatic rings. The van der Waals surface area contributed by atoms with Crippen LogP contribution in [-0.4, -0.2) is 50.0 Å². The average molecular weight is 394 g/mol. The fraction of sp³-hybridized carbons (Fsp3) is 0.529. The largest absolute Gasteiger partial charge is 0.334 e. The van der Waals surface area contributed by atoms with Crippen LogP contribution in [0.3, 0.4) is 0 Å². The Hall–Kier alpha value is -1.87. The minimum atomic E-state index is -0.213. The first-order chi connectivity index (χ1) is 12.5. The molecule has 0 saturated carbocycles. The Morgan fingerprint density at radius 1 is 1.42 bits per heavy atom. The van der Waals surface area contributed by atoms with E-state index in [-0.39, 0.29) is 17.9 Å². The lowest BCUT2D eigenvalue weighted by Crippen LogP contribution is -2.31. The minimum absolute atomic E-state index is 0.0841. The molecule has 3 heterocycles. The minimum Gasteiger partial charge on any atom is -0.334 e. The van der Waals surface area contributed by atoms with Gasteiger partial charge in [-0.3, -0.25) is 19.6 Å². The van der Waals surface area contributed by atoms with Crippen LogP contribution < -0.4 is 5.32 Å². The van der Waals surface area contributed by atoms with Crippen LogP contribution in [-0.2, 0) is 18.3 Å². The van der Waals surface area contributed by atoms with Gasteiger partial charge in [-0.05, 0) is 31.2 Å². The van der Waals surface area contributed by atoms with E-state index in [4.69, 9.17) is 0 Å². The van der Waals surface area contributed by atoms with Gasteiger partial charge in [0.1, 0.15) is 5.82 Å². The summed E-state index contributed by atoms with van der Waals surface area (Å²) in [6, 6.07) is 3.85. The molecule has 0 aromatic carbocycles. The summed E-state index contributed by atoms with van der Waals surface area (Å²) in [4.78, 5) is 32.7. The SMILES string of the molecule is CCc1nc(NC(=O)c2ccc([C@H]3CCCN3C(=O)CSC)s2)nn1C. The highest BCUT2D eigenvalue weighted by atomic mass is 32.2. The van der Waals surface area contributed by atoms with Crippen molar-refractivity contribution in [3.63, 3.8) is 0 Å². The normalized spacial score (nSPS) is 16.9. The monoisotopic (exact) mass is 393 g/mol. The molecule has 1 aliphatic heterocycles. The summed E-state index contributed by atoms with van der Waals surface area (Å²) in [7, 11) is 1.81. The molecule has 7 nitrogen and oxygen atoms in total. The zero-order chi connectivity index (χ0) is 18.7. The first-order valence-corrected chi connectivity index (χ1v) is 10.8. The van der Waals surface area contributed by atoms with Crippen LogP contribution in [0.4, 0.5) is 5.95 Å². The number of nitrogens with zero attached hydrogens (tertiary/aromatic N) is 4. The summed E-state index contributed by atoms with van der Waals surface area (Å²) in [6.07, 6.45) is 4.64. The third-order valence-electron chi connectivity index (χ3n) is 4.41. The van der Waals surface area contributed by atoms with E-state index in [0.29, 0.717) is 16.6 Å². The highest BCUT2D eigenvalue weighted by molar-refractivity contribution is 7.99. The molecule has 2 amide bonds. The smallest absolute Gasteiger partial charge is 0.268 e. The Morgan fingerprint density at radius 2 is 2.23 bits per heavy atom. The van der Waals surface area contributed by atoms with Crippen molar-refractivity contribution in [1.82, 2.24) is 19.7 Å². The predicted octanol–water partition coefficient (Wildman–Crippen LogP) is 2.72. The molecule has 1 atom stereocenters. The lowest BCUT2D eigenvalue weighted by molar-refractivity contribution is -0.129. The Balaban J connectivity index is 1.70. The van der Waals surface area contributed by atoms with Crippen molar-refractivity contribution in [1.29, 1.82) is 0 Å². The summed E-state index contributed by atoms with van der Waals surface area (Å²) < 4.78 is 1.67. The fourth-order valence-corrected chi connectivity index (χ4v) is 4.63. The number of aromatic nitrogens is 3. The van der Waals surface area contributed by atoms with E-state index in [1.807, 2.05) is 37.3 Å². The van der Waals surface area contributed by atoms with E-state index in [1.165, 1.54) is 11.3 Å². The average Bonchev–Trinajstić information content (AvgIpc) is 3.33. The van der Waals surface area contributed by atoms with Crippen molar-refractivity contribution in [2.24, 2.45) is 7.05 Å². The topological polar surface area (TPSA) is 80.1 Å². The summed E-state index contributed by atoms with van der Waals surface area (Å²) in [5, 5.41) is 6.97. The van der Waals surface area contributed by atoms with Gasteiger partial charge in [0, 0.05) is 24.9 Å².